The number of carbonyl (C=O) groups is 1. The molecule has 0 spiro atoms. The maximum Gasteiger partial charge on any atom is 0.265 e. The average molecular weight is 360 g/mol. The Kier molecular flexibility index (Phi) is 3.76. The zero-order chi connectivity index (χ0) is 17.2. The van der Waals surface area contributed by atoms with Crippen LogP contribution in [0, 0.1) is 31.6 Å². The summed E-state index contributed by atoms with van der Waals surface area (Å²) in [5.41, 5.74) is 1.39. The molecule has 0 radical (unpaired) electrons. The van der Waals surface area contributed by atoms with E-state index in [1.54, 1.807) is 11.3 Å². The Hall–Kier alpha value is -0.940. The topological polar surface area (TPSA) is 36.4 Å². The molecule has 2 heterocycles. The molecule has 0 N–H and O–H groups in total. The van der Waals surface area contributed by atoms with E-state index < -0.39 is 0 Å². The number of thiazole rings is 1. The first-order valence-electron chi connectivity index (χ1n) is 10.0. The van der Waals surface area contributed by atoms with E-state index in [0.29, 0.717) is 5.54 Å². The summed E-state index contributed by atoms with van der Waals surface area (Å²) >= 11 is 1.55. The van der Waals surface area contributed by atoms with Crippen LogP contribution < -0.4 is 0 Å². The van der Waals surface area contributed by atoms with Crippen LogP contribution >= 0.6 is 11.3 Å². The predicted molar refractivity (Wildman–Crippen MR) is 100.0 cm³/mol. The minimum Gasteiger partial charge on any atom is -0.335 e. The number of hydrogen-bond donors (Lipinski definition) is 0. The Morgan fingerprint density at radius 2 is 1.56 bits per heavy atom. The van der Waals surface area contributed by atoms with Gasteiger partial charge >= 0.3 is 0 Å². The van der Waals surface area contributed by atoms with Gasteiger partial charge in [0.25, 0.3) is 5.91 Å². The standard InChI is InChI=1S/C20H29N3OS/c1-13-18(25-14(2)21-13)19(24)22-3-5-23(6-4-22)20-10-15-7-16(11-20)9-17(8-15)12-20/h15-17H,3-12H2,1-2H3. The van der Waals surface area contributed by atoms with Crippen molar-refractivity contribution < 1.29 is 4.79 Å². The number of hydrogen-bond acceptors (Lipinski definition) is 4. The summed E-state index contributed by atoms with van der Waals surface area (Å²) < 4.78 is 0. The minimum atomic E-state index is 0.202. The molecule has 6 rings (SSSR count). The largest absolute Gasteiger partial charge is 0.335 e. The van der Waals surface area contributed by atoms with Gasteiger partial charge in [0.05, 0.1) is 10.7 Å². The summed E-state index contributed by atoms with van der Waals surface area (Å²) in [6.07, 6.45) is 8.80. The molecule has 1 amide bonds. The van der Waals surface area contributed by atoms with Gasteiger partial charge in [-0.25, -0.2) is 4.98 Å². The zero-order valence-corrected chi connectivity index (χ0v) is 16.3. The van der Waals surface area contributed by atoms with Crippen molar-refractivity contribution in [3.63, 3.8) is 0 Å². The molecule has 1 aromatic heterocycles. The van der Waals surface area contributed by atoms with E-state index in [0.717, 1.165) is 59.5 Å². The van der Waals surface area contributed by atoms with E-state index in [9.17, 15) is 4.79 Å². The van der Waals surface area contributed by atoms with Gasteiger partial charge in [0.2, 0.25) is 0 Å². The van der Waals surface area contributed by atoms with Gasteiger partial charge in [-0.2, -0.15) is 0 Å². The van der Waals surface area contributed by atoms with Gasteiger partial charge < -0.3 is 4.90 Å². The van der Waals surface area contributed by atoms with Crippen molar-refractivity contribution in [1.29, 1.82) is 0 Å². The molecule has 1 aliphatic heterocycles. The zero-order valence-electron chi connectivity index (χ0n) is 15.5. The highest BCUT2D eigenvalue weighted by molar-refractivity contribution is 7.13. The predicted octanol–water partition coefficient (Wildman–Crippen LogP) is 3.49. The SMILES string of the molecule is Cc1nc(C)c(C(=O)N2CCN(C34CC5CC(CC(C5)C3)C4)CC2)s1. The maximum absolute atomic E-state index is 12.9. The van der Waals surface area contributed by atoms with Crippen LogP contribution in [0.1, 0.15) is 58.9 Å². The molecule has 1 aromatic rings. The number of nitrogens with zero attached hydrogens (tertiary/aromatic N) is 3. The van der Waals surface area contributed by atoms with Crippen LogP contribution in [0.4, 0.5) is 0 Å². The van der Waals surface area contributed by atoms with E-state index in [1.807, 2.05) is 13.8 Å². The summed E-state index contributed by atoms with van der Waals surface area (Å²) in [7, 11) is 0. The van der Waals surface area contributed by atoms with Gasteiger partial charge in [-0.15, -0.1) is 11.3 Å². The number of piperazine rings is 1. The molecule has 4 aliphatic carbocycles. The lowest BCUT2D eigenvalue weighted by Gasteiger charge is -2.61. The highest BCUT2D eigenvalue weighted by atomic mass is 32.1. The van der Waals surface area contributed by atoms with Gasteiger partial charge in [0.15, 0.2) is 0 Å². The molecule has 4 saturated carbocycles. The van der Waals surface area contributed by atoms with Gasteiger partial charge in [-0.3, -0.25) is 9.69 Å². The van der Waals surface area contributed by atoms with Gasteiger partial charge in [0, 0.05) is 31.7 Å². The highest BCUT2D eigenvalue weighted by Crippen LogP contribution is 2.57. The molecule has 25 heavy (non-hydrogen) atoms. The first kappa shape index (κ1) is 16.2. The molecule has 136 valence electrons. The Balaban J connectivity index is 1.27. The Labute approximate surface area is 154 Å². The van der Waals surface area contributed by atoms with Gasteiger partial charge in [-0.1, -0.05) is 0 Å². The molecule has 4 nitrogen and oxygen atoms in total. The van der Waals surface area contributed by atoms with Crippen molar-refractivity contribution in [2.45, 2.75) is 57.9 Å². The normalized spacial score (nSPS) is 37.7. The average Bonchev–Trinajstić information content (AvgIpc) is 2.91. The van der Waals surface area contributed by atoms with Crippen LogP contribution in [0.25, 0.3) is 0 Å². The third-order valence-corrected chi connectivity index (χ3v) is 8.40. The molecule has 0 unspecified atom stereocenters. The first-order chi connectivity index (χ1) is 12.0. The quantitative estimate of drug-likeness (QED) is 0.811. The summed E-state index contributed by atoms with van der Waals surface area (Å²) in [5, 5.41) is 0.994. The second-order valence-corrected chi connectivity index (χ2v) is 10.3. The molecule has 5 aliphatic rings. The van der Waals surface area contributed by atoms with Crippen LogP contribution in [0.5, 0.6) is 0 Å². The number of rotatable bonds is 2. The fraction of sp³-hybridized carbons (Fsp3) is 0.800. The van der Waals surface area contributed by atoms with Gasteiger partial charge in [0.1, 0.15) is 4.88 Å². The summed E-state index contributed by atoms with van der Waals surface area (Å²) in [6, 6.07) is 0. The summed E-state index contributed by atoms with van der Waals surface area (Å²) in [5.74, 6) is 3.18. The Morgan fingerprint density at radius 3 is 2.04 bits per heavy atom. The number of carbonyl (C=O) groups excluding carboxylic acids is 1. The number of aryl methyl sites for hydroxylation is 2. The summed E-state index contributed by atoms with van der Waals surface area (Å²) in [6.45, 7) is 7.85. The highest BCUT2D eigenvalue weighted by Gasteiger charge is 2.53. The lowest BCUT2D eigenvalue weighted by Crippen LogP contribution is -2.64. The van der Waals surface area contributed by atoms with Crippen molar-refractivity contribution in [2.75, 3.05) is 26.2 Å². The lowest BCUT2D eigenvalue weighted by molar-refractivity contribution is -0.0987. The third-order valence-electron chi connectivity index (χ3n) is 7.34. The van der Waals surface area contributed by atoms with Crippen LogP contribution in [-0.4, -0.2) is 52.4 Å². The fourth-order valence-corrected chi connectivity index (χ4v) is 7.60. The van der Waals surface area contributed by atoms with Crippen LogP contribution in [0.3, 0.4) is 0 Å². The molecular formula is C20H29N3OS. The van der Waals surface area contributed by atoms with E-state index in [4.69, 9.17) is 0 Å². The van der Waals surface area contributed by atoms with E-state index in [1.165, 1.54) is 38.5 Å². The second kappa shape index (κ2) is 5.78. The first-order valence-corrected chi connectivity index (χ1v) is 10.8. The van der Waals surface area contributed by atoms with Crippen molar-refractivity contribution in [3.05, 3.63) is 15.6 Å². The van der Waals surface area contributed by atoms with Crippen molar-refractivity contribution in [3.8, 4) is 0 Å². The van der Waals surface area contributed by atoms with E-state index in [-0.39, 0.29) is 5.91 Å². The smallest absolute Gasteiger partial charge is 0.265 e. The molecule has 0 atom stereocenters. The van der Waals surface area contributed by atoms with Crippen molar-refractivity contribution in [1.82, 2.24) is 14.8 Å². The van der Waals surface area contributed by atoms with E-state index >= 15 is 0 Å². The lowest BCUT2D eigenvalue weighted by atomic mass is 9.52. The molecule has 5 fully saturated rings. The third kappa shape index (κ3) is 2.66. The van der Waals surface area contributed by atoms with Crippen LogP contribution in [-0.2, 0) is 0 Å². The Bertz CT molecular complexity index is 654. The molecule has 5 heteroatoms. The molecule has 0 aromatic carbocycles. The van der Waals surface area contributed by atoms with Gasteiger partial charge in [-0.05, 0) is 70.1 Å². The van der Waals surface area contributed by atoms with Crippen LogP contribution in [0.15, 0.2) is 0 Å². The second-order valence-electron chi connectivity index (χ2n) is 9.07. The van der Waals surface area contributed by atoms with Crippen LogP contribution in [0.2, 0.25) is 0 Å². The van der Waals surface area contributed by atoms with Crippen molar-refractivity contribution >= 4 is 17.2 Å². The molecule has 1 saturated heterocycles. The fourth-order valence-electron chi connectivity index (χ4n) is 6.71. The molecule has 4 bridgehead atoms. The van der Waals surface area contributed by atoms with Crippen molar-refractivity contribution in [2.24, 2.45) is 17.8 Å². The monoisotopic (exact) mass is 359 g/mol. The maximum atomic E-state index is 12.9. The minimum absolute atomic E-state index is 0.202. The number of aromatic nitrogens is 1. The van der Waals surface area contributed by atoms with E-state index in [2.05, 4.69) is 14.8 Å². The Morgan fingerprint density at radius 1 is 1.00 bits per heavy atom. The summed E-state index contributed by atoms with van der Waals surface area (Å²) in [4.78, 5) is 23.0. The molecular weight excluding hydrogens is 330 g/mol. The number of amides is 1.